The second kappa shape index (κ2) is 6.16. The minimum absolute atomic E-state index is 0.0326. The average Bonchev–Trinajstić information content (AvgIpc) is 2.93. The Kier molecular flexibility index (Phi) is 4.21. The molecular formula is C15H18ClN5O2. The van der Waals surface area contributed by atoms with Gasteiger partial charge in [-0.05, 0) is 25.3 Å². The third-order valence-electron chi connectivity index (χ3n) is 4.37. The van der Waals surface area contributed by atoms with E-state index < -0.39 is 4.92 Å². The maximum atomic E-state index is 10.9. The smallest absolute Gasteiger partial charge is 0.271 e. The molecule has 7 nitrogen and oxygen atoms in total. The number of nitro benzene ring substituents is 1. The van der Waals surface area contributed by atoms with Gasteiger partial charge < -0.3 is 9.47 Å². The Morgan fingerprint density at radius 3 is 2.57 bits per heavy atom. The molecular weight excluding hydrogens is 318 g/mol. The molecule has 0 radical (unpaired) electrons. The number of halogens is 1. The summed E-state index contributed by atoms with van der Waals surface area (Å²) in [4.78, 5) is 12.7. The lowest BCUT2D eigenvalue weighted by Gasteiger charge is -2.34. The van der Waals surface area contributed by atoms with Crippen molar-refractivity contribution in [3.05, 3.63) is 45.0 Å². The summed E-state index contributed by atoms with van der Waals surface area (Å²) in [7, 11) is 1.96. The molecule has 3 rings (SSSR count). The number of benzene rings is 1. The molecule has 23 heavy (non-hydrogen) atoms. The number of hydrogen-bond donors (Lipinski definition) is 0. The Labute approximate surface area is 139 Å². The van der Waals surface area contributed by atoms with Crippen LogP contribution in [0, 0.1) is 17.0 Å². The van der Waals surface area contributed by atoms with E-state index >= 15 is 0 Å². The summed E-state index contributed by atoms with van der Waals surface area (Å²) in [6, 6.07) is 3.01. The molecule has 0 spiro atoms. The summed E-state index contributed by atoms with van der Waals surface area (Å²) in [5, 5.41) is 19.5. The van der Waals surface area contributed by atoms with Crippen LogP contribution in [0.3, 0.4) is 0 Å². The summed E-state index contributed by atoms with van der Waals surface area (Å²) in [5.41, 5.74) is 1.76. The van der Waals surface area contributed by atoms with Gasteiger partial charge in [0.1, 0.15) is 12.2 Å². The molecule has 1 aromatic heterocycles. The SMILES string of the molecule is Cc1cc([N+](=O)[O-])cc(Cl)c1N1CCC(c2nncn2C)CC1. The molecule has 0 amide bonds. The minimum atomic E-state index is -0.414. The maximum absolute atomic E-state index is 10.9. The predicted octanol–water partition coefficient (Wildman–Crippen LogP) is 3.07. The van der Waals surface area contributed by atoms with Gasteiger partial charge in [0.2, 0.25) is 0 Å². The highest BCUT2D eigenvalue weighted by Gasteiger charge is 2.26. The molecule has 1 aliphatic heterocycles. The van der Waals surface area contributed by atoms with Crippen molar-refractivity contribution in [2.45, 2.75) is 25.7 Å². The van der Waals surface area contributed by atoms with Crippen molar-refractivity contribution >= 4 is 23.0 Å². The monoisotopic (exact) mass is 335 g/mol. The molecule has 8 heteroatoms. The first kappa shape index (κ1) is 15.7. The molecule has 0 bridgehead atoms. The van der Waals surface area contributed by atoms with Crippen LogP contribution in [0.1, 0.15) is 30.1 Å². The van der Waals surface area contributed by atoms with Gasteiger partial charge >= 0.3 is 0 Å². The predicted molar refractivity (Wildman–Crippen MR) is 88.0 cm³/mol. The molecule has 122 valence electrons. The van der Waals surface area contributed by atoms with Crippen LogP contribution in [0.5, 0.6) is 0 Å². The quantitative estimate of drug-likeness (QED) is 0.636. The van der Waals surface area contributed by atoms with Crippen molar-refractivity contribution in [3.63, 3.8) is 0 Å². The molecule has 2 heterocycles. The van der Waals surface area contributed by atoms with Gasteiger partial charge in [0.05, 0.1) is 15.6 Å². The molecule has 0 N–H and O–H groups in total. The molecule has 0 unspecified atom stereocenters. The van der Waals surface area contributed by atoms with Crippen molar-refractivity contribution in [2.75, 3.05) is 18.0 Å². The maximum Gasteiger partial charge on any atom is 0.271 e. The summed E-state index contributed by atoms with van der Waals surface area (Å²) >= 11 is 6.30. The largest absolute Gasteiger partial charge is 0.370 e. The van der Waals surface area contributed by atoms with Crippen LogP contribution in [0.15, 0.2) is 18.5 Å². The molecule has 0 atom stereocenters. The molecule has 1 fully saturated rings. The van der Waals surface area contributed by atoms with Gasteiger partial charge in [-0.15, -0.1) is 10.2 Å². The highest BCUT2D eigenvalue weighted by atomic mass is 35.5. The van der Waals surface area contributed by atoms with Gasteiger partial charge in [-0.1, -0.05) is 11.6 Å². The van der Waals surface area contributed by atoms with E-state index in [9.17, 15) is 10.1 Å². The summed E-state index contributed by atoms with van der Waals surface area (Å²) in [5.74, 6) is 1.40. The van der Waals surface area contributed by atoms with Crippen LogP contribution in [-0.2, 0) is 7.05 Å². The van der Waals surface area contributed by atoms with Gasteiger partial charge in [0, 0.05) is 38.2 Å². The van der Waals surface area contributed by atoms with Gasteiger partial charge in [0.15, 0.2) is 0 Å². The standard InChI is InChI=1S/C15H18ClN5O2/c1-10-7-12(21(22)23)8-13(16)14(10)20-5-3-11(4-6-20)15-18-17-9-19(15)2/h7-9,11H,3-6H2,1-2H3. The molecule has 1 saturated heterocycles. The number of aryl methyl sites for hydroxylation is 2. The normalized spacial score (nSPS) is 15.9. The zero-order valence-electron chi connectivity index (χ0n) is 13.1. The average molecular weight is 336 g/mol. The van der Waals surface area contributed by atoms with Gasteiger partial charge in [0.25, 0.3) is 5.69 Å². The van der Waals surface area contributed by atoms with Gasteiger partial charge in [-0.2, -0.15) is 0 Å². The zero-order valence-corrected chi connectivity index (χ0v) is 13.8. The number of nitrogens with zero attached hydrogens (tertiary/aromatic N) is 5. The molecule has 0 aliphatic carbocycles. The lowest BCUT2D eigenvalue weighted by Crippen LogP contribution is -2.34. The van der Waals surface area contributed by atoms with E-state index in [2.05, 4.69) is 15.1 Å². The Morgan fingerprint density at radius 1 is 1.35 bits per heavy atom. The van der Waals surface area contributed by atoms with Gasteiger partial charge in [-0.25, -0.2) is 0 Å². The lowest BCUT2D eigenvalue weighted by atomic mass is 9.95. The van der Waals surface area contributed by atoms with E-state index in [4.69, 9.17) is 11.6 Å². The van der Waals surface area contributed by atoms with E-state index in [1.165, 1.54) is 6.07 Å². The molecule has 0 saturated carbocycles. The first-order valence-corrected chi connectivity index (χ1v) is 7.88. The van der Waals surface area contributed by atoms with Crippen molar-refractivity contribution in [2.24, 2.45) is 7.05 Å². The number of nitro groups is 1. The number of piperidine rings is 1. The zero-order chi connectivity index (χ0) is 16.6. The first-order valence-electron chi connectivity index (χ1n) is 7.50. The molecule has 1 aromatic carbocycles. The number of anilines is 1. The van der Waals surface area contributed by atoms with Crippen LogP contribution in [0.4, 0.5) is 11.4 Å². The fourth-order valence-electron chi connectivity index (χ4n) is 3.25. The Morgan fingerprint density at radius 2 is 2.04 bits per heavy atom. The number of aromatic nitrogens is 3. The minimum Gasteiger partial charge on any atom is -0.370 e. The highest BCUT2D eigenvalue weighted by Crippen LogP contribution is 2.37. The number of hydrogen-bond acceptors (Lipinski definition) is 5. The van der Waals surface area contributed by atoms with E-state index in [1.54, 1.807) is 12.4 Å². The van der Waals surface area contributed by atoms with E-state index in [-0.39, 0.29) is 5.69 Å². The third kappa shape index (κ3) is 3.01. The Bertz CT molecular complexity index is 714. The highest BCUT2D eigenvalue weighted by molar-refractivity contribution is 6.33. The van der Waals surface area contributed by atoms with E-state index in [1.807, 2.05) is 18.5 Å². The first-order chi connectivity index (χ1) is 11.0. The van der Waals surface area contributed by atoms with Crippen LogP contribution in [0.2, 0.25) is 5.02 Å². The topological polar surface area (TPSA) is 77.1 Å². The van der Waals surface area contributed by atoms with Crippen LogP contribution in [-0.4, -0.2) is 32.8 Å². The van der Waals surface area contributed by atoms with E-state index in [0.29, 0.717) is 10.9 Å². The van der Waals surface area contributed by atoms with Crippen molar-refractivity contribution in [3.8, 4) is 0 Å². The number of rotatable bonds is 3. The second-order valence-electron chi connectivity index (χ2n) is 5.91. The van der Waals surface area contributed by atoms with Gasteiger partial charge in [-0.3, -0.25) is 10.1 Å². The third-order valence-corrected chi connectivity index (χ3v) is 4.66. The van der Waals surface area contributed by atoms with Crippen molar-refractivity contribution in [1.82, 2.24) is 14.8 Å². The fraction of sp³-hybridized carbons (Fsp3) is 0.467. The summed E-state index contributed by atoms with van der Waals surface area (Å²) in [6.45, 7) is 3.55. The van der Waals surface area contributed by atoms with Crippen LogP contribution >= 0.6 is 11.6 Å². The summed E-state index contributed by atoms with van der Waals surface area (Å²) < 4.78 is 1.96. The fourth-order valence-corrected chi connectivity index (χ4v) is 3.63. The lowest BCUT2D eigenvalue weighted by molar-refractivity contribution is -0.384. The van der Waals surface area contributed by atoms with E-state index in [0.717, 1.165) is 43.0 Å². The molecule has 2 aromatic rings. The van der Waals surface area contributed by atoms with Crippen LogP contribution in [0.25, 0.3) is 0 Å². The Balaban J connectivity index is 1.78. The van der Waals surface area contributed by atoms with Crippen molar-refractivity contribution in [1.29, 1.82) is 0 Å². The molecule has 1 aliphatic rings. The van der Waals surface area contributed by atoms with Crippen LogP contribution < -0.4 is 4.90 Å². The second-order valence-corrected chi connectivity index (χ2v) is 6.32. The Hall–Kier alpha value is -2.15. The van der Waals surface area contributed by atoms with Crippen molar-refractivity contribution < 1.29 is 4.92 Å². The summed E-state index contributed by atoms with van der Waals surface area (Å²) in [6.07, 6.45) is 3.64. The number of non-ortho nitro benzene ring substituents is 1.